The summed E-state index contributed by atoms with van der Waals surface area (Å²) in [4.78, 5) is 22.0. The van der Waals surface area contributed by atoms with E-state index in [0.717, 1.165) is 6.07 Å². The average molecular weight is 448 g/mol. The van der Waals surface area contributed by atoms with Gasteiger partial charge in [0.05, 0.1) is 12.7 Å². The largest absolute Gasteiger partial charge is 0.573 e. The van der Waals surface area contributed by atoms with Gasteiger partial charge in [0.1, 0.15) is 25.2 Å². The van der Waals surface area contributed by atoms with Crippen LogP contribution in [0.4, 0.5) is 13.2 Å². The second-order valence-corrected chi connectivity index (χ2v) is 6.02. The lowest BCUT2D eigenvalue weighted by molar-refractivity contribution is -0.274. The molecule has 0 atom stereocenters. The molecule has 0 unspecified atom stereocenters. The van der Waals surface area contributed by atoms with Crippen LogP contribution in [0.25, 0.3) is 0 Å². The molecule has 0 amide bonds. The lowest BCUT2D eigenvalue weighted by Gasteiger charge is -2.10. The zero-order valence-electron chi connectivity index (χ0n) is 17.4. The van der Waals surface area contributed by atoms with Crippen LogP contribution in [0.3, 0.4) is 0 Å². The van der Waals surface area contributed by atoms with Crippen molar-refractivity contribution in [1.82, 2.24) is 0 Å². The van der Waals surface area contributed by atoms with Crippen LogP contribution in [-0.4, -0.2) is 38.0 Å². The van der Waals surface area contributed by atoms with Gasteiger partial charge in [0.15, 0.2) is 5.71 Å². The third-order valence-corrected chi connectivity index (χ3v) is 3.75. The summed E-state index contributed by atoms with van der Waals surface area (Å²) in [7, 11) is 2.52. The van der Waals surface area contributed by atoms with Crippen LogP contribution in [0, 0.1) is 11.8 Å². The van der Waals surface area contributed by atoms with Gasteiger partial charge in [-0.2, -0.15) is 0 Å². The Balaban J connectivity index is 2.15. The lowest BCUT2D eigenvalue weighted by atomic mass is 10.0. The molecule has 0 fully saturated rings. The monoisotopic (exact) mass is 448 g/mol. The van der Waals surface area contributed by atoms with Crippen LogP contribution >= 0.6 is 0 Å². The third-order valence-electron chi connectivity index (χ3n) is 3.75. The SMILES string of the molecule is CO/N=C(/C(=O)OC)c1ccccc1CO/N=C(\C)C#Cc1ccccc1OC(F)(F)F. The predicted octanol–water partition coefficient (Wildman–Crippen LogP) is 4.05. The van der Waals surface area contributed by atoms with Gasteiger partial charge < -0.3 is 19.1 Å². The van der Waals surface area contributed by atoms with Gasteiger partial charge in [-0.25, -0.2) is 4.79 Å². The van der Waals surface area contributed by atoms with Gasteiger partial charge in [-0.1, -0.05) is 52.6 Å². The van der Waals surface area contributed by atoms with Gasteiger partial charge >= 0.3 is 12.3 Å². The molecule has 0 bridgehead atoms. The predicted molar refractivity (Wildman–Crippen MR) is 110 cm³/mol. The number of benzene rings is 2. The van der Waals surface area contributed by atoms with E-state index < -0.39 is 18.1 Å². The Hall–Kier alpha value is -4.00. The molecule has 0 saturated heterocycles. The summed E-state index contributed by atoms with van der Waals surface area (Å²) >= 11 is 0. The molecule has 0 aliphatic carbocycles. The first-order chi connectivity index (χ1) is 15.2. The molecule has 0 radical (unpaired) electrons. The maximum atomic E-state index is 12.5. The quantitative estimate of drug-likeness (QED) is 0.276. The van der Waals surface area contributed by atoms with Crippen LogP contribution in [0.1, 0.15) is 23.6 Å². The van der Waals surface area contributed by atoms with Crippen LogP contribution in [0.5, 0.6) is 5.75 Å². The van der Waals surface area contributed by atoms with Crippen molar-refractivity contribution in [3.05, 3.63) is 65.2 Å². The maximum absolute atomic E-state index is 12.5. The minimum Gasteiger partial charge on any atom is -0.464 e. The van der Waals surface area contributed by atoms with Gasteiger partial charge in [0, 0.05) is 11.1 Å². The van der Waals surface area contributed by atoms with Crippen LogP contribution in [0.2, 0.25) is 0 Å². The first-order valence-electron chi connectivity index (χ1n) is 9.06. The first-order valence-corrected chi connectivity index (χ1v) is 9.06. The van der Waals surface area contributed by atoms with E-state index in [2.05, 4.69) is 26.9 Å². The number of alkyl halides is 3. The lowest BCUT2D eigenvalue weighted by Crippen LogP contribution is -2.19. The molecule has 0 N–H and O–H groups in total. The molecule has 0 aliphatic heterocycles. The molecular weight excluding hydrogens is 429 g/mol. The molecular formula is C22H19F3N2O5. The Labute approximate surface area is 182 Å². The normalized spacial score (nSPS) is 11.8. The van der Waals surface area contributed by atoms with Gasteiger partial charge in [-0.3, -0.25) is 0 Å². The summed E-state index contributed by atoms with van der Waals surface area (Å²) in [5.74, 6) is 4.07. The number of esters is 1. The van der Waals surface area contributed by atoms with Crippen molar-refractivity contribution in [2.75, 3.05) is 14.2 Å². The highest BCUT2D eigenvalue weighted by atomic mass is 19.4. The third kappa shape index (κ3) is 7.36. The van der Waals surface area contributed by atoms with Crippen molar-refractivity contribution in [2.45, 2.75) is 19.9 Å². The van der Waals surface area contributed by atoms with Crippen molar-refractivity contribution < 1.29 is 37.1 Å². The smallest absolute Gasteiger partial charge is 0.464 e. The summed E-state index contributed by atoms with van der Waals surface area (Å²) in [6, 6.07) is 12.3. The van der Waals surface area contributed by atoms with Crippen molar-refractivity contribution in [3.63, 3.8) is 0 Å². The van der Waals surface area contributed by atoms with E-state index in [9.17, 15) is 18.0 Å². The molecule has 0 heterocycles. The van der Waals surface area contributed by atoms with Crippen LogP contribution < -0.4 is 4.74 Å². The molecule has 0 aliphatic rings. The van der Waals surface area contributed by atoms with Crippen LogP contribution in [0.15, 0.2) is 58.8 Å². The van der Waals surface area contributed by atoms with Gasteiger partial charge in [0.2, 0.25) is 0 Å². The Morgan fingerprint density at radius 1 is 1.03 bits per heavy atom. The van der Waals surface area contributed by atoms with E-state index in [1.165, 1.54) is 39.3 Å². The second kappa shape index (κ2) is 11.4. The molecule has 7 nitrogen and oxygen atoms in total. The number of halogens is 3. The number of ether oxygens (including phenoxy) is 2. The first kappa shape index (κ1) is 24.3. The number of carbonyl (C=O) groups excluding carboxylic acids is 1. The van der Waals surface area contributed by atoms with Gasteiger partial charge in [-0.05, 0) is 25.0 Å². The number of hydrogen-bond donors (Lipinski definition) is 0. The number of methoxy groups -OCH3 is 1. The fourth-order valence-electron chi connectivity index (χ4n) is 2.42. The molecule has 10 heteroatoms. The van der Waals surface area contributed by atoms with E-state index in [-0.39, 0.29) is 23.6 Å². The van der Waals surface area contributed by atoms with Crippen molar-refractivity contribution in [2.24, 2.45) is 10.3 Å². The summed E-state index contributed by atoms with van der Waals surface area (Å²) in [6.07, 6.45) is -4.83. The molecule has 0 saturated carbocycles. The fourth-order valence-corrected chi connectivity index (χ4v) is 2.42. The van der Waals surface area contributed by atoms with Gasteiger partial charge in [-0.15, -0.1) is 13.2 Å². The van der Waals surface area contributed by atoms with Crippen LogP contribution in [-0.2, 0) is 25.8 Å². The summed E-state index contributed by atoms with van der Waals surface area (Å²) in [5.41, 5.74) is 1.21. The molecule has 32 heavy (non-hydrogen) atoms. The highest BCUT2D eigenvalue weighted by Gasteiger charge is 2.31. The van der Waals surface area contributed by atoms with E-state index in [1.54, 1.807) is 24.3 Å². The number of rotatable bonds is 7. The Morgan fingerprint density at radius 2 is 1.72 bits per heavy atom. The van der Waals surface area contributed by atoms with E-state index in [4.69, 9.17) is 14.4 Å². The van der Waals surface area contributed by atoms with Gasteiger partial charge in [0.25, 0.3) is 0 Å². The molecule has 2 rings (SSSR count). The minimum atomic E-state index is -4.83. The number of carbonyl (C=O) groups is 1. The number of oxime groups is 2. The topological polar surface area (TPSA) is 78.7 Å². The zero-order chi connectivity index (χ0) is 23.6. The van der Waals surface area contributed by atoms with E-state index in [1.807, 2.05) is 0 Å². The van der Waals surface area contributed by atoms with E-state index in [0.29, 0.717) is 11.1 Å². The Kier molecular flexibility index (Phi) is 8.65. The summed E-state index contributed by atoms with van der Waals surface area (Å²) in [5, 5.41) is 7.54. The standard InChI is InChI=1S/C22H19F3N2O5/c1-15(12-13-16-8-5-7-11-19(16)32-22(23,24)25)26-31-14-17-9-4-6-10-18(17)20(27-30-3)21(28)29-2/h4-11H,14H2,1-3H3/b26-15+,27-20+. The molecule has 168 valence electrons. The minimum absolute atomic E-state index is 0.0390. The molecule has 2 aromatic rings. The molecule has 2 aromatic carbocycles. The highest BCUT2D eigenvalue weighted by molar-refractivity contribution is 6.43. The maximum Gasteiger partial charge on any atom is 0.573 e. The van der Waals surface area contributed by atoms with Crippen molar-refractivity contribution >= 4 is 17.4 Å². The number of nitrogens with zero attached hydrogens (tertiary/aromatic N) is 2. The molecule has 0 spiro atoms. The fraction of sp³-hybridized carbons (Fsp3) is 0.227. The average Bonchev–Trinajstić information content (AvgIpc) is 2.76. The van der Waals surface area contributed by atoms with Crippen molar-refractivity contribution in [1.29, 1.82) is 0 Å². The van der Waals surface area contributed by atoms with Crippen molar-refractivity contribution in [3.8, 4) is 17.6 Å². The summed E-state index contributed by atoms with van der Waals surface area (Å²) in [6.45, 7) is 1.49. The number of hydrogen-bond acceptors (Lipinski definition) is 7. The zero-order valence-corrected chi connectivity index (χ0v) is 17.4. The molecule has 0 aromatic heterocycles. The summed E-state index contributed by atoms with van der Waals surface area (Å²) < 4.78 is 46.2. The second-order valence-electron chi connectivity index (χ2n) is 6.02. The Bertz CT molecular complexity index is 1070. The van der Waals surface area contributed by atoms with E-state index >= 15 is 0 Å². The number of para-hydroxylation sites is 1. The Morgan fingerprint density at radius 3 is 2.41 bits per heavy atom. The highest BCUT2D eigenvalue weighted by Crippen LogP contribution is 2.25.